The van der Waals surface area contributed by atoms with Crippen LogP contribution < -0.4 is 0 Å². The Morgan fingerprint density at radius 3 is 2.29 bits per heavy atom. The maximum absolute atomic E-state index is 12.8. The maximum atomic E-state index is 12.8. The molecule has 0 unspecified atom stereocenters. The summed E-state index contributed by atoms with van der Waals surface area (Å²) in [6.07, 6.45) is -4.31. The van der Waals surface area contributed by atoms with Crippen molar-refractivity contribution in [2.24, 2.45) is 0 Å². The lowest BCUT2D eigenvalue weighted by molar-refractivity contribution is -0.137. The summed E-state index contributed by atoms with van der Waals surface area (Å²) in [5.41, 5.74) is 2.16. The van der Waals surface area contributed by atoms with Crippen molar-refractivity contribution in [2.75, 3.05) is 0 Å². The molecule has 3 aromatic rings. The van der Waals surface area contributed by atoms with E-state index in [4.69, 9.17) is 0 Å². The molecule has 0 bridgehead atoms. The normalized spacial score (nSPS) is 12.0. The van der Waals surface area contributed by atoms with Crippen molar-refractivity contribution in [3.63, 3.8) is 0 Å². The Labute approximate surface area is 120 Å². The minimum atomic E-state index is -4.31. The van der Waals surface area contributed by atoms with Crippen LogP contribution in [0.5, 0.6) is 0 Å². The van der Waals surface area contributed by atoms with Crippen molar-refractivity contribution >= 4 is 10.9 Å². The lowest BCUT2D eigenvalue weighted by Gasteiger charge is -2.09. The van der Waals surface area contributed by atoms with Gasteiger partial charge in [0.2, 0.25) is 0 Å². The lowest BCUT2D eigenvalue weighted by Crippen LogP contribution is -2.04. The van der Waals surface area contributed by atoms with E-state index in [1.807, 2.05) is 47.9 Å². The second kappa shape index (κ2) is 4.95. The van der Waals surface area contributed by atoms with E-state index in [9.17, 15) is 13.2 Å². The molecule has 0 N–H and O–H groups in total. The molecule has 21 heavy (non-hydrogen) atoms. The van der Waals surface area contributed by atoms with Crippen molar-refractivity contribution in [1.29, 1.82) is 0 Å². The zero-order valence-electron chi connectivity index (χ0n) is 11.5. The SMILES string of the molecule is CCn1c(-c2ccccc2)cc2cc(C(F)(F)F)ccc21. The second-order valence-corrected chi connectivity index (χ2v) is 4.91. The molecule has 0 saturated carbocycles. The molecule has 0 aliphatic carbocycles. The lowest BCUT2D eigenvalue weighted by atomic mass is 10.1. The molecule has 0 atom stereocenters. The smallest absolute Gasteiger partial charge is 0.341 e. The molecule has 0 fully saturated rings. The Kier molecular flexibility index (Phi) is 3.24. The Morgan fingerprint density at radius 1 is 0.952 bits per heavy atom. The first-order valence-corrected chi connectivity index (χ1v) is 6.76. The monoisotopic (exact) mass is 289 g/mol. The largest absolute Gasteiger partial charge is 0.416 e. The van der Waals surface area contributed by atoms with Crippen molar-refractivity contribution in [1.82, 2.24) is 4.57 Å². The van der Waals surface area contributed by atoms with Gasteiger partial charge < -0.3 is 4.57 Å². The predicted molar refractivity (Wildman–Crippen MR) is 78.1 cm³/mol. The number of rotatable bonds is 2. The molecule has 108 valence electrons. The van der Waals surface area contributed by atoms with Gasteiger partial charge in [-0.1, -0.05) is 30.3 Å². The fraction of sp³-hybridized carbons (Fsp3) is 0.176. The van der Waals surface area contributed by atoms with E-state index in [0.717, 1.165) is 22.8 Å². The number of aromatic nitrogens is 1. The van der Waals surface area contributed by atoms with Gasteiger partial charge in [0.1, 0.15) is 0 Å². The second-order valence-electron chi connectivity index (χ2n) is 4.91. The highest BCUT2D eigenvalue weighted by Gasteiger charge is 2.30. The molecular formula is C17H14F3N. The standard InChI is InChI=1S/C17H14F3N/c1-2-21-15-9-8-14(17(18,19)20)10-13(15)11-16(21)12-6-4-3-5-7-12/h3-11H,2H2,1H3. The maximum Gasteiger partial charge on any atom is 0.416 e. The van der Waals surface area contributed by atoms with Gasteiger partial charge >= 0.3 is 6.18 Å². The summed E-state index contributed by atoms with van der Waals surface area (Å²) in [6.45, 7) is 2.70. The van der Waals surface area contributed by atoms with Crippen LogP contribution in [0.4, 0.5) is 13.2 Å². The van der Waals surface area contributed by atoms with E-state index < -0.39 is 11.7 Å². The Morgan fingerprint density at radius 2 is 1.67 bits per heavy atom. The van der Waals surface area contributed by atoms with Crippen LogP contribution in [0.2, 0.25) is 0 Å². The summed E-state index contributed by atoms with van der Waals surface area (Å²) in [4.78, 5) is 0. The van der Waals surface area contributed by atoms with E-state index in [0.29, 0.717) is 11.9 Å². The highest BCUT2D eigenvalue weighted by molar-refractivity contribution is 5.87. The van der Waals surface area contributed by atoms with Crippen molar-refractivity contribution in [3.8, 4) is 11.3 Å². The summed E-state index contributed by atoms with van der Waals surface area (Å²) in [5.74, 6) is 0. The van der Waals surface area contributed by atoms with Crippen LogP contribution in [0, 0.1) is 0 Å². The van der Waals surface area contributed by atoms with Crippen LogP contribution in [0.15, 0.2) is 54.6 Å². The van der Waals surface area contributed by atoms with Gasteiger partial charge in [0, 0.05) is 23.1 Å². The number of nitrogens with zero attached hydrogens (tertiary/aromatic N) is 1. The van der Waals surface area contributed by atoms with Crippen molar-refractivity contribution < 1.29 is 13.2 Å². The molecule has 1 nitrogen and oxygen atoms in total. The van der Waals surface area contributed by atoms with Gasteiger partial charge in [-0.2, -0.15) is 13.2 Å². The minimum absolute atomic E-state index is 0.608. The zero-order valence-corrected chi connectivity index (χ0v) is 11.5. The summed E-state index contributed by atoms with van der Waals surface area (Å²) in [7, 11) is 0. The number of hydrogen-bond acceptors (Lipinski definition) is 0. The van der Waals surface area contributed by atoms with Gasteiger partial charge in [0.05, 0.1) is 5.56 Å². The molecular weight excluding hydrogens is 275 g/mol. The topological polar surface area (TPSA) is 4.93 Å². The molecule has 4 heteroatoms. The van der Waals surface area contributed by atoms with Crippen LogP contribution >= 0.6 is 0 Å². The Hall–Kier alpha value is -2.23. The van der Waals surface area contributed by atoms with Crippen LogP contribution in [-0.2, 0) is 12.7 Å². The first-order valence-electron chi connectivity index (χ1n) is 6.76. The highest BCUT2D eigenvalue weighted by Crippen LogP contribution is 2.34. The van der Waals surface area contributed by atoms with Gasteiger partial charge in [0.15, 0.2) is 0 Å². The summed E-state index contributed by atoms with van der Waals surface area (Å²) in [6, 6.07) is 15.4. The third kappa shape index (κ3) is 2.42. The summed E-state index contributed by atoms with van der Waals surface area (Å²) < 4.78 is 40.5. The molecule has 0 spiro atoms. The van der Waals surface area contributed by atoms with E-state index in [1.54, 1.807) is 6.07 Å². The molecule has 1 aromatic heterocycles. The highest BCUT2D eigenvalue weighted by atomic mass is 19.4. The molecule has 0 radical (unpaired) electrons. The number of alkyl halides is 3. The van der Waals surface area contributed by atoms with Gasteiger partial charge in [-0.3, -0.25) is 0 Å². The average Bonchev–Trinajstić information content (AvgIpc) is 2.84. The van der Waals surface area contributed by atoms with Crippen molar-refractivity contribution in [2.45, 2.75) is 19.6 Å². The van der Waals surface area contributed by atoms with Gasteiger partial charge in [-0.25, -0.2) is 0 Å². The molecule has 2 aromatic carbocycles. The van der Waals surface area contributed by atoms with Crippen LogP contribution in [0.3, 0.4) is 0 Å². The van der Waals surface area contributed by atoms with Crippen LogP contribution in [0.25, 0.3) is 22.2 Å². The molecule has 3 rings (SSSR count). The third-order valence-corrected chi connectivity index (χ3v) is 3.61. The predicted octanol–water partition coefficient (Wildman–Crippen LogP) is 5.35. The van der Waals surface area contributed by atoms with E-state index in [1.165, 1.54) is 6.07 Å². The van der Waals surface area contributed by atoms with E-state index in [2.05, 4.69) is 0 Å². The van der Waals surface area contributed by atoms with Gasteiger partial charge in [0.25, 0.3) is 0 Å². The molecule has 0 saturated heterocycles. The summed E-state index contributed by atoms with van der Waals surface area (Å²) >= 11 is 0. The zero-order chi connectivity index (χ0) is 15.0. The third-order valence-electron chi connectivity index (χ3n) is 3.61. The van der Waals surface area contributed by atoms with E-state index in [-0.39, 0.29) is 0 Å². The Bertz CT molecular complexity index is 770. The Balaban J connectivity index is 2.23. The fourth-order valence-electron chi connectivity index (χ4n) is 2.64. The average molecular weight is 289 g/mol. The van der Waals surface area contributed by atoms with Crippen LogP contribution in [0.1, 0.15) is 12.5 Å². The number of fused-ring (bicyclic) bond motifs is 1. The molecule has 1 heterocycles. The number of halogens is 3. The van der Waals surface area contributed by atoms with Gasteiger partial charge in [-0.05, 0) is 36.8 Å². The summed E-state index contributed by atoms with van der Waals surface area (Å²) in [5, 5.41) is 0.616. The van der Waals surface area contributed by atoms with E-state index >= 15 is 0 Å². The number of hydrogen-bond donors (Lipinski definition) is 0. The first-order chi connectivity index (χ1) is 10.0. The van der Waals surface area contributed by atoms with Gasteiger partial charge in [-0.15, -0.1) is 0 Å². The number of aryl methyl sites for hydroxylation is 1. The van der Waals surface area contributed by atoms with Crippen LogP contribution in [-0.4, -0.2) is 4.57 Å². The first kappa shape index (κ1) is 13.7. The quantitative estimate of drug-likeness (QED) is 0.599. The molecule has 0 aliphatic heterocycles. The van der Waals surface area contributed by atoms with Crippen molar-refractivity contribution in [3.05, 3.63) is 60.2 Å². The molecule has 0 amide bonds. The minimum Gasteiger partial charge on any atom is -0.341 e. The molecule has 0 aliphatic rings. The fourth-order valence-corrected chi connectivity index (χ4v) is 2.64. The number of benzene rings is 2.